The molecule has 0 aliphatic carbocycles. The number of aromatic amines is 1. The van der Waals surface area contributed by atoms with E-state index in [0.717, 1.165) is 0 Å². The molecule has 9 nitrogen and oxygen atoms in total. The number of benzene rings is 1. The van der Waals surface area contributed by atoms with Crippen LogP contribution >= 0.6 is 0 Å². The van der Waals surface area contributed by atoms with E-state index in [1.165, 1.54) is 4.90 Å². The van der Waals surface area contributed by atoms with E-state index in [4.69, 9.17) is 0 Å². The molecule has 1 atom stereocenters. The number of hydrogen-bond acceptors (Lipinski definition) is 5. The van der Waals surface area contributed by atoms with Gasteiger partial charge in [0.2, 0.25) is 11.8 Å². The van der Waals surface area contributed by atoms with Crippen LogP contribution in [-0.4, -0.2) is 87.1 Å². The van der Waals surface area contributed by atoms with Gasteiger partial charge in [0.25, 0.3) is 5.91 Å². The Labute approximate surface area is 137 Å². The quantitative estimate of drug-likeness (QED) is 0.729. The lowest BCUT2D eigenvalue weighted by atomic mass is 10.1. The van der Waals surface area contributed by atoms with Crippen LogP contribution in [0.4, 0.5) is 0 Å². The van der Waals surface area contributed by atoms with Crippen molar-refractivity contribution in [2.45, 2.75) is 6.04 Å². The van der Waals surface area contributed by atoms with E-state index >= 15 is 0 Å². The van der Waals surface area contributed by atoms with Gasteiger partial charge in [-0.25, -0.2) is 0 Å². The first-order chi connectivity index (χ1) is 11.5. The van der Waals surface area contributed by atoms with Crippen molar-refractivity contribution in [2.75, 3.05) is 33.2 Å². The van der Waals surface area contributed by atoms with Gasteiger partial charge in [-0.3, -0.25) is 14.4 Å². The summed E-state index contributed by atoms with van der Waals surface area (Å²) in [6.45, 7) is 1.10. The fourth-order valence-corrected chi connectivity index (χ4v) is 3.26. The Kier molecular flexibility index (Phi) is 3.22. The lowest BCUT2D eigenvalue weighted by Crippen LogP contribution is -2.66. The van der Waals surface area contributed by atoms with Gasteiger partial charge >= 0.3 is 0 Å². The molecular formula is C15H16N6O3. The Hall–Kier alpha value is -2.97. The third-order valence-corrected chi connectivity index (χ3v) is 4.58. The normalized spacial score (nSPS) is 21.4. The predicted molar refractivity (Wildman–Crippen MR) is 82.9 cm³/mol. The molecule has 3 heterocycles. The zero-order valence-electron chi connectivity index (χ0n) is 13.1. The number of fused-ring (bicyclic) bond motifs is 2. The number of carbonyl (C=O) groups excluding carboxylic acids is 3. The van der Waals surface area contributed by atoms with Crippen LogP contribution in [-0.2, 0) is 9.59 Å². The minimum absolute atomic E-state index is 0.0711. The Morgan fingerprint density at radius 1 is 1.21 bits per heavy atom. The van der Waals surface area contributed by atoms with E-state index < -0.39 is 6.04 Å². The molecule has 124 valence electrons. The second-order valence-corrected chi connectivity index (χ2v) is 6.08. The molecule has 0 saturated carbocycles. The summed E-state index contributed by atoms with van der Waals surface area (Å²) in [5.41, 5.74) is 1.79. The maximum Gasteiger partial charge on any atom is 0.254 e. The van der Waals surface area contributed by atoms with Crippen LogP contribution < -0.4 is 0 Å². The van der Waals surface area contributed by atoms with Gasteiger partial charge in [0.05, 0.1) is 13.1 Å². The van der Waals surface area contributed by atoms with Gasteiger partial charge in [-0.05, 0) is 18.2 Å². The van der Waals surface area contributed by atoms with Crippen molar-refractivity contribution < 1.29 is 14.4 Å². The number of hydrogen-bond donors (Lipinski definition) is 1. The largest absolute Gasteiger partial charge is 0.335 e. The molecule has 2 aliphatic heterocycles. The van der Waals surface area contributed by atoms with Gasteiger partial charge in [-0.1, -0.05) is 0 Å². The molecule has 24 heavy (non-hydrogen) atoms. The highest BCUT2D eigenvalue weighted by Crippen LogP contribution is 2.20. The zero-order valence-corrected chi connectivity index (χ0v) is 13.1. The van der Waals surface area contributed by atoms with Crippen LogP contribution in [0.1, 0.15) is 10.4 Å². The maximum absolute atomic E-state index is 12.7. The van der Waals surface area contributed by atoms with E-state index in [-0.39, 0.29) is 30.8 Å². The smallest absolute Gasteiger partial charge is 0.254 e. The van der Waals surface area contributed by atoms with E-state index in [0.29, 0.717) is 29.7 Å². The number of amides is 3. The van der Waals surface area contributed by atoms with Gasteiger partial charge < -0.3 is 14.7 Å². The third-order valence-electron chi connectivity index (χ3n) is 4.58. The Morgan fingerprint density at radius 2 is 2.00 bits per heavy atom. The third kappa shape index (κ3) is 2.20. The van der Waals surface area contributed by atoms with Crippen LogP contribution in [0.5, 0.6) is 0 Å². The summed E-state index contributed by atoms with van der Waals surface area (Å²) in [4.78, 5) is 41.7. The van der Waals surface area contributed by atoms with Crippen molar-refractivity contribution in [1.29, 1.82) is 0 Å². The van der Waals surface area contributed by atoms with Gasteiger partial charge in [0, 0.05) is 25.7 Å². The lowest BCUT2D eigenvalue weighted by Gasteiger charge is -2.45. The van der Waals surface area contributed by atoms with Gasteiger partial charge in [-0.15, -0.1) is 0 Å². The second kappa shape index (κ2) is 5.29. The molecule has 0 spiro atoms. The van der Waals surface area contributed by atoms with Crippen LogP contribution in [0.2, 0.25) is 0 Å². The molecule has 0 unspecified atom stereocenters. The number of carbonyl (C=O) groups is 3. The number of aromatic nitrogens is 3. The average Bonchev–Trinajstić information content (AvgIpc) is 3.06. The molecule has 1 N–H and O–H groups in total. The van der Waals surface area contributed by atoms with Gasteiger partial charge in [-0.2, -0.15) is 15.4 Å². The molecule has 1 aromatic heterocycles. The summed E-state index contributed by atoms with van der Waals surface area (Å²) in [6.07, 6.45) is 0. The number of piperazine rings is 2. The molecule has 2 saturated heterocycles. The molecule has 1 aromatic carbocycles. The van der Waals surface area contributed by atoms with Gasteiger partial charge in [0.1, 0.15) is 17.1 Å². The molecule has 2 fully saturated rings. The monoisotopic (exact) mass is 328 g/mol. The van der Waals surface area contributed by atoms with Crippen molar-refractivity contribution in [3.05, 3.63) is 23.8 Å². The molecule has 0 radical (unpaired) electrons. The maximum atomic E-state index is 12.7. The highest BCUT2D eigenvalue weighted by atomic mass is 16.2. The first kappa shape index (κ1) is 14.6. The molecular weight excluding hydrogens is 312 g/mol. The van der Waals surface area contributed by atoms with Gasteiger partial charge in [0.15, 0.2) is 0 Å². The standard InChI is InChI=1S/C15H16N6O3/c1-19-8-13(22)21-5-4-20(7-12(21)15(19)24)14(23)9-2-3-10-11(6-9)17-18-16-10/h2-3,6,12H,4-5,7-8H2,1H3,(H,16,17,18)/t12-/m0/s1. The summed E-state index contributed by atoms with van der Waals surface area (Å²) >= 11 is 0. The van der Waals surface area contributed by atoms with Crippen LogP contribution in [0, 0.1) is 0 Å². The zero-order chi connectivity index (χ0) is 16.8. The topological polar surface area (TPSA) is 102 Å². The SMILES string of the molecule is CN1CC(=O)N2CCN(C(=O)c3ccc4n[nH]nc4c3)C[C@H]2C1=O. The fourth-order valence-electron chi connectivity index (χ4n) is 3.26. The molecule has 2 aromatic rings. The van der Waals surface area contributed by atoms with Crippen LogP contribution in [0.25, 0.3) is 11.0 Å². The highest BCUT2D eigenvalue weighted by molar-refractivity contribution is 5.99. The first-order valence-corrected chi connectivity index (χ1v) is 7.69. The molecule has 3 amide bonds. The minimum Gasteiger partial charge on any atom is -0.335 e. The summed E-state index contributed by atoms with van der Waals surface area (Å²) < 4.78 is 0. The fraction of sp³-hybridized carbons (Fsp3) is 0.400. The van der Waals surface area contributed by atoms with Crippen molar-refractivity contribution >= 4 is 28.8 Å². The van der Waals surface area contributed by atoms with E-state index in [1.54, 1.807) is 35.0 Å². The molecule has 9 heteroatoms. The van der Waals surface area contributed by atoms with Crippen LogP contribution in [0.15, 0.2) is 18.2 Å². The molecule has 2 aliphatic rings. The lowest BCUT2D eigenvalue weighted by molar-refractivity contribution is -0.157. The number of nitrogens with one attached hydrogen (secondary N) is 1. The van der Waals surface area contributed by atoms with E-state index in [9.17, 15) is 14.4 Å². The predicted octanol–water partition coefficient (Wildman–Crippen LogP) is -0.917. The Morgan fingerprint density at radius 3 is 2.83 bits per heavy atom. The number of nitrogens with zero attached hydrogens (tertiary/aromatic N) is 5. The Bertz CT molecular complexity index is 847. The summed E-state index contributed by atoms with van der Waals surface area (Å²) in [7, 11) is 1.61. The van der Waals surface area contributed by atoms with Crippen molar-refractivity contribution in [3.8, 4) is 0 Å². The van der Waals surface area contributed by atoms with E-state index in [1.807, 2.05) is 0 Å². The van der Waals surface area contributed by atoms with Crippen molar-refractivity contribution in [2.24, 2.45) is 0 Å². The van der Waals surface area contributed by atoms with E-state index in [2.05, 4.69) is 15.4 Å². The van der Waals surface area contributed by atoms with Crippen molar-refractivity contribution in [3.63, 3.8) is 0 Å². The number of H-pyrrole nitrogens is 1. The Balaban J connectivity index is 1.57. The second-order valence-electron chi connectivity index (χ2n) is 6.08. The first-order valence-electron chi connectivity index (χ1n) is 7.69. The summed E-state index contributed by atoms with van der Waals surface area (Å²) in [6, 6.07) is 4.50. The van der Waals surface area contributed by atoms with Crippen LogP contribution in [0.3, 0.4) is 0 Å². The molecule has 4 rings (SSSR count). The average molecular weight is 328 g/mol. The highest BCUT2D eigenvalue weighted by Gasteiger charge is 2.42. The van der Waals surface area contributed by atoms with Crippen molar-refractivity contribution in [1.82, 2.24) is 30.1 Å². The summed E-state index contributed by atoms with van der Waals surface area (Å²) in [5.74, 6) is -0.370. The minimum atomic E-state index is -0.593. The summed E-state index contributed by atoms with van der Waals surface area (Å²) in [5, 5.41) is 10.5. The molecule has 0 bridgehead atoms. The number of likely N-dealkylation sites (N-methyl/N-ethyl adjacent to an activating group) is 1. The number of rotatable bonds is 1.